The van der Waals surface area contributed by atoms with Crippen molar-refractivity contribution in [3.63, 3.8) is 0 Å². The summed E-state index contributed by atoms with van der Waals surface area (Å²) in [5, 5.41) is 0. The van der Waals surface area contributed by atoms with Gasteiger partial charge in [-0.2, -0.15) is 4.99 Å². The van der Waals surface area contributed by atoms with E-state index in [2.05, 4.69) is 20.0 Å². The number of hydrogen-bond donors (Lipinski definition) is 1. The first-order valence-corrected chi connectivity index (χ1v) is 8.50. The molecule has 3 rings (SSSR count). The highest BCUT2D eigenvalue weighted by Gasteiger charge is 2.28. The molecule has 1 aromatic carbocycles. The van der Waals surface area contributed by atoms with E-state index in [1.807, 2.05) is 31.2 Å². The van der Waals surface area contributed by atoms with E-state index in [4.69, 9.17) is 10.5 Å². The average molecular weight is 351 g/mol. The van der Waals surface area contributed by atoms with Crippen LogP contribution in [0.2, 0.25) is 0 Å². The summed E-state index contributed by atoms with van der Waals surface area (Å²) in [4.78, 5) is 29.1. The normalized spacial score (nSPS) is 17.4. The van der Waals surface area contributed by atoms with Crippen molar-refractivity contribution in [1.82, 2.24) is 9.97 Å². The lowest BCUT2D eigenvalue weighted by Gasteiger charge is -2.23. The van der Waals surface area contributed by atoms with Crippen LogP contribution in [-0.4, -0.2) is 35.0 Å². The lowest BCUT2D eigenvalue weighted by molar-refractivity contribution is 0.0962. The predicted octanol–water partition coefficient (Wildman–Crippen LogP) is 2.82. The molecule has 1 aliphatic rings. The second-order valence-corrected chi connectivity index (χ2v) is 6.02. The third-order valence-corrected chi connectivity index (χ3v) is 4.23. The van der Waals surface area contributed by atoms with Crippen molar-refractivity contribution in [1.29, 1.82) is 0 Å². The van der Waals surface area contributed by atoms with Gasteiger partial charge in [0.15, 0.2) is 5.78 Å². The molecule has 1 aromatic heterocycles. The zero-order valence-electron chi connectivity index (χ0n) is 14.8. The Bertz CT molecular complexity index is 859. The standard InChI is InChI=1S/C19H21N5O2/c1-3-8-21-18(20)24-19-22-11-15-16(23-19)9-13(10-17(15)25)12-4-6-14(26-2)7-5-12/h4-8,11,13H,3,9-10H2,1-2H3,(H2,20,22,23,24)/b21-8+. The number of rotatable bonds is 4. The number of nitrogens with zero attached hydrogens (tertiary/aromatic N) is 4. The van der Waals surface area contributed by atoms with Crippen molar-refractivity contribution >= 4 is 23.9 Å². The molecule has 0 aliphatic heterocycles. The Morgan fingerprint density at radius 3 is 2.81 bits per heavy atom. The molecule has 26 heavy (non-hydrogen) atoms. The van der Waals surface area contributed by atoms with Gasteiger partial charge in [0.2, 0.25) is 5.96 Å². The van der Waals surface area contributed by atoms with Crippen molar-refractivity contribution in [2.24, 2.45) is 15.7 Å². The van der Waals surface area contributed by atoms with Gasteiger partial charge in [-0.3, -0.25) is 4.79 Å². The van der Waals surface area contributed by atoms with E-state index < -0.39 is 0 Å². The number of aliphatic imine (C=N–C) groups is 2. The third kappa shape index (κ3) is 3.93. The van der Waals surface area contributed by atoms with Gasteiger partial charge in [0, 0.05) is 18.8 Å². The number of nitrogens with two attached hydrogens (primary N) is 1. The molecule has 0 bridgehead atoms. The van der Waals surface area contributed by atoms with Crippen LogP contribution in [0.15, 0.2) is 40.4 Å². The summed E-state index contributed by atoms with van der Waals surface area (Å²) in [6.07, 6.45) is 5.05. The fourth-order valence-corrected chi connectivity index (χ4v) is 2.92. The molecule has 1 aliphatic carbocycles. The number of methoxy groups -OCH3 is 1. The highest BCUT2D eigenvalue weighted by atomic mass is 16.5. The van der Waals surface area contributed by atoms with Gasteiger partial charge >= 0.3 is 0 Å². The van der Waals surface area contributed by atoms with E-state index in [1.54, 1.807) is 13.3 Å². The van der Waals surface area contributed by atoms with E-state index in [-0.39, 0.29) is 23.6 Å². The minimum Gasteiger partial charge on any atom is -0.497 e. The average Bonchev–Trinajstić information content (AvgIpc) is 2.66. The van der Waals surface area contributed by atoms with Crippen molar-refractivity contribution < 1.29 is 9.53 Å². The second-order valence-electron chi connectivity index (χ2n) is 6.02. The van der Waals surface area contributed by atoms with Crippen LogP contribution >= 0.6 is 0 Å². The second kappa shape index (κ2) is 7.86. The highest BCUT2D eigenvalue weighted by molar-refractivity contribution is 5.98. The van der Waals surface area contributed by atoms with E-state index >= 15 is 0 Å². The van der Waals surface area contributed by atoms with E-state index in [0.717, 1.165) is 17.7 Å². The predicted molar refractivity (Wildman–Crippen MR) is 100 cm³/mol. The van der Waals surface area contributed by atoms with Gasteiger partial charge in [-0.25, -0.2) is 15.0 Å². The Balaban J connectivity index is 1.86. The first-order valence-electron chi connectivity index (χ1n) is 8.50. The summed E-state index contributed by atoms with van der Waals surface area (Å²) in [6.45, 7) is 1.96. The van der Waals surface area contributed by atoms with Crippen LogP contribution in [0.4, 0.5) is 5.95 Å². The van der Waals surface area contributed by atoms with Crippen LogP contribution < -0.4 is 10.5 Å². The number of benzene rings is 1. The van der Waals surface area contributed by atoms with Crippen LogP contribution in [-0.2, 0) is 6.42 Å². The molecule has 0 saturated heterocycles. The van der Waals surface area contributed by atoms with Crippen molar-refractivity contribution in [3.05, 3.63) is 47.3 Å². The van der Waals surface area contributed by atoms with Gasteiger partial charge < -0.3 is 10.5 Å². The monoisotopic (exact) mass is 351 g/mol. The summed E-state index contributed by atoms with van der Waals surface area (Å²) < 4.78 is 5.19. The van der Waals surface area contributed by atoms with Crippen molar-refractivity contribution in [2.45, 2.75) is 32.1 Å². The SMILES string of the molecule is CC/C=N/C(N)=N\c1ncc2c(n1)CC(c1ccc(OC)cc1)CC2=O. The lowest BCUT2D eigenvalue weighted by Crippen LogP contribution is -2.20. The molecular weight excluding hydrogens is 330 g/mol. The zero-order chi connectivity index (χ0) is 18.5. The zero-order valence-corrected chi connectivity index (χ0v) is 14.8. The Morgan fingerprint density at radius 2 is 2.12 bits per heavy atom. The topological polar surface area (TPSA) is 103 Å². The maximum atomic E-state index is 12.5. The molecule has 2 N–H and O–H groups in total. The van der Waals surface area contributed by atoms with Crippen LogP contribution in [0.25, 0.3) is 0 Å². The number of carbonyl (C=O) groups excluding carboxylic acids is 1. The quantitative estimate of drug-likeness (QED) is 0.674. The number of ether oxygens (including phenoxy) is 1. The van der Waals surface area contributed by atoms with Crippen molar-refractivity contribution in [2.75, 3.05) is 7.11 Å². The number of Topliss-reactive ketones (excluding diaryl/α,β-unsaturated/α-hetero) is 1. The molecule has 7 nitrogen and oxygen atoms in total. The first kappa shape index (κ1) is 17.7. The molecule has 1 unspecified atom stereocenters. The molecule has 7 heteroatoms. The maximum absolute atomic E-state index is 12.5. The first-order chi connectivity index (χ1) is 12.6. The Morgan fingerprint density at radius 1 is 1.35 bits per heavy atom. The smallest absolute Gasteiger partial charge is 0.252 e. The Kier molecular flexibility index (Phi) is 5.36. The maximum Gasteiger partial charge on any atom is 0.252 e. The minimum absolute atomic E-state index is 0.0413. The largest absolute Gasteiger partial charge is 0.497 e. The molecule has 0 fully saturated rings. The van der Waals surface area contributed by atoms with Gasteiger partial charge in [-0.05, 0) is 36.5 Å². The van der Waals surface area contributed by atoms with Gasteiger partial charge in [0.05, 0.1) is 18.4 Å². The summed E-state index contributed by atoms with van der Waals surface area (Å²) >= 11 is 0. The fourth-order valence-electron chi connectivity index (χ4n) is 2.92. The van der Waals surface area contributed by atoms with E-state index in [9.17, 15) is 4.79 Å². The van der Waals surface area contributed by atoms with Crippen LogP contribution in [0, 0.1) is 0 Å². The molecule has 1 heterocycles. The Hall–Kier alpha value is -3.09. The number of aromatic nitrogens is 2. The van der Waals surface area contributed by atoms with Crippen molar-refractivity contribution in [3.8, 4) is 5.75 Å². The summed E-state index contributed by atoms with van der Waals surface area (Å²) in [5.41, 5.74) is 8.07. The molecule has 1 atom stereocenters. The van der Waals surface area contributed by atoms with Gasteiger partial charge in [0.1, 0.15) is 5.75 Å². The summed E-state index contributed by atoms with van der Waals surface area (Å²) in [5.74, 6) is 1.22. The molecule has 0 radical (unpaired) electrons. The van der Waals surface area contributed by atoms with Crippen LogP contribution in [0.5, 0.6) is 5.75 Å². The fraction of sp³-hybridized carbons (Fsp3) is 0.316. The molecule has 0 spiro atoms. The number of ketones is 1. The van der Waals surface area contributed by atoms with Crippen LogP contribution in [0.3, 0.4) is 0 Å². The minimum atomic E-state index is 0.0413. The number of fused-ring (bicyclic) bond motifs is 1. The number of hydrogen-bond acceptors (Lipinski definition) is 5. The molecular formula is C19H21N5O2. The van der Waals surface area contributed by atoms with Gasteiger partial charge in [0.25, 0.3) is 5.95 Å². The van der Waals surface area contributed by atoms with Crippen LogP contribution in [0.1, 0.15) is 47.3 Å². The van der Waals surface area contributed by atoms with Gasteiger partial charge in [-0.1, -0.05) is 19.1 Å². The molecule has 0 amide bonds. The number of guanidine groups is 1. The highest BCUT2D eigenvalue weighted by Crippen LogP contribution is 2.32. The molecule has 134 valence electrons. The summed E-state index contributed by atoms with van der Waals surface area (Å²) in [7, 11) is 1.63. The molecule has 2 aromatic rings. The summed E-state index contributed by atoms with van der Waals surface area (Å²) in [6, 6.07) is 7.77. The Labute approximate surface area is 152 Å². The van der Waals surface area contributed by atoms with Gasteiger partial charge in [-0.15, -0.1) is 0 Å². The number of carbonyl (C=O) groups is 1. The van der Waals surface area contributed by atoms with E-state index in [1.165, 1.54) is 6.20 Å². The van der Waals surface area contributed by atoms with E-state index in [0.29, 0.717) is 24.1 Å². The third-order valence-electron chi connectivity index (χ3n) is 4.23. The molecule has 0 saturated carbocycles. The lowest BCUT2D eigenvalue weighted by atomic mass is 9.82.